The molecule has 16 heavy (non-hydrogen) atoms. The van der Waals surface area contributed by atoms with Crippen LogP contribution in [-0.4, -0.2) is 24.8 Å². The van der Waals surface area contributed by atoms with Crippen LogP contribution in [0.5, 0.6) is 0 Å². The van der Waals surface area contributed by atoms with Gasteiger partial charge in [0.2, 0.25) is 0 Å². The van der Waals surface area contributed by atoms with Crippen molar-refractivity contribution in [3.8, 4) is 0 Å². The SMILES string of the molecule is O=C(O)c1cccc([N+](=O)[O-])c1S(=O)(O)=S. The van der Waals surface area contributed by atoms with E-state index in [2.05, 4.69) is 11.2 Å². The summed E-state index contributed by atoms with van der Waals surface area (Å²) in [6.07, 6.45) is 0. The molecule has 0 aliphatic heterocycles. The second-order valence-corrected chi connectivity index (χ2v) is 5.40. The van der Waals surface area contributed by atoms with Gasteiger partial charge in [-0.15, -0.1) is 0 Å². The van der Waals surface area contributed by atoms with E-state index in [1.54, 1.807) is 0 Å². The Morgan fingerprint density at radius 2 is 2.06 bits per heavy atom. The Kier molecular flexibility index (Phi) is 3.21. The maximum atomic E-state index is 11.2. The number of nitrogens with zero attached hydrogens (tertiary/aromatic N) is 1. The van der Waals surface area contributed by atoms with Gasteiger partial charge < -0.3 is 9.66 Å². The molecule has 0 heterocycles. The summed E-state index contributed by atoms with van der Waals surface area (Å²) in [5.41, 5.74) is -1.42. The summed E-state index contributed by atoms with van der Waals surface area (Å²) in [5.74, 6) is -1.55. The third-order valence-electron chi connectivity index (χ3n) is 1.68. The Hall–Kier alpha value is -1.58. The first-order chi connectivity index (χ1) is 7.25. The Balaban J connectivity index is 3.75. The van der Waals surface area contributed by atoms with E-state index in [1.807, 2.05) is 0 Å². The van der Waals surface area contributed by atoms with E-state index in [0.717, 1.165) is 18.2 Å². The zero-order chi connectivity index (χ0) is 12.5. The van der Waals surface area contributed by atoms with Crippen LogP contribution in [0.25, 0.3) is 0 Å². The van der Waals surface area contributed by atoms with Crippen LogP contribution in [0.4, 0.5) is 5.69 Å². The van der Waals surface area contributed by atoms with Gasteiger partial charge in [0.05, 0.1) is 10.5 Å². The molecule has 9 heteroatoms. The van der Waals surface area contributed by atoms with Crippen molar-refractivity contribution in [2.75, 3.05) is 0 Å². The summed E-state index contributed by atoms with van der Waals surface area (Å²) in [7, 11) is -4.14. The molecule has 2 N–H and O–H groups in total. The van der Waals surface area contributed by atoms with Crippen molar-refractivity contribution in [3.63, 3.8) is 0 Å². The maximum Gasteiger partial charge on any atom is 0.337 e. The molecule has 0 saturated carbocycles. The normalized spacial score (nSPS) is 14.1. The fraction of sp³-hybridized carbons (Fsp3) is 0. The molecule has 86 valence electrons. The van der Waals surface area contributed by atoms with E-state index in [1.165, 1.54) is 0 Å². The number of rotatable bonds is 3. The second-order valence-electron chi connectivity index (χ2n) is 2.69. The minimum atomic E-state index is -4.14. The quantitative estimate of drug-likeness (QED) is 0.613. The van der Waals surface area contributed by atoms with Gasteiger partial charge in [0, 0.05) is 17.3 Å². The molecule has 0 aromatic heterocycles. The van der Waals surface area contributed by atoms with Gasteiger partial charge in [0.15, 0.2) is 13.7 Å². The summed E-state index contributed by atoms with van der Waals surface area (Å²) >= 11 is 4.18. The van der Waals surface area contributed by atoms with Gasteiger partial charge in [-0.2, -0.15) is 0 Å². The molecule has 1 unspecified atom stereocenters. The summed E-state index contributed by atoms with van der Waals surface area (Å²) in [6.45, 7) is 0. The number of aromatic carboxylic acids is 1. The lowest BCUT2D eigenvalue weighted by Crippen LogP contribution is -2.10. The molecule has 1 aromatic carbocycles. The van der Waals surface area contributed by atoms with E-state index >= 15 is 0 Å². The first-order valence-corrected chi connectivity index (χ1v) is 6.17. The molecular weight excluding hydrogens is 258 g/mol. The van der Waals surface area contributed by atoms with Crippen molar-refractivity contribution in [3.05, 3.63) is 33.9 Å². The fourth-order valence-corrected chi connectivity index (χ4v) is 2.47. The third-order valence-corrected chi connectivity index (χ3v) is 3.12. The lowest BCUT2D eigenvalue weighted by atomic mass is 10.2. The standard InChI is InChI=1S/C7H5NO6S2/c9-7(10)4-2-1-3-5(8(11)12)6(4)16(13,14)15/h1-3H,(H,9,10)(H,13,14,15). The Morgan fingerprint density at radius 3 is 2.44 bits per heavy atom. The lowest BCUT2D eigenvalue weighted by Gasteiger charge is -2.05. The Labute approximate surface area is 94.4 Å². The Morgan fingerprint density at radius 1 is 1.50 bits per heavy atom. The van der Waals surface area contributed by atoms with Crippen LogP contribution in [-0.2, 0) is 20.0 Å². The molecule has 0 aliphatic carbocycles. The monoisotopic (exact) mass is 263 g/mol. The van der Waals surface area contributed by atoms with Crippen LogP contribution in [0.3, 0.4) is 0 Å². The highest BCUT2D eigenvalue weighted by atomic mass is 32.8. The molecule has 0 spiro atoms. The van der Waals surface area contributed by atoms with Crippen molar-refractivity contribution < 1.29 is 23.6 Å². The first kappa shape index (κ1) is 12.5. The molecule has 0 radical (unpaired) electrons. The van der Waals surface area contributed by atoms with Crippen LogP contribution in [0, 0.1) is 10.1 Å². The van der Waals surface area contributed by atoms with Gasteiger partial charge in [0.1, 0.15) is 0 Å². The topological polar surface area (TPSA) is 118 Å². The number of carboxylic acids is 1. The minimum absolute atomic E-state index is 0.642. The van der Waals surface area contributed by atoms with Crippen LogP contribution < -0.4 is 0 Å². The molecular formula is C7H5NO6S2. The van der Waals surface area contributed by atoms with E-state index in [9.17, 15) is 19.1 Å². The van der Waals surface area contributed by atoms with Crippen molar-refractivity contribution in [1.29, 1.82) is 0 Å². The van der Waals surface area contributed by atoms with Crippen LogP contribution in [0.1, 0.15) is 10.4 Å². The van der Waals surface area contributed by atoms with Gasteiger partial charge in [-0.1, -0.05) is 6.07 Å². The maximum absolute atomic E-state index is 11.2. The molecule has 0 saturated heterocycles. The van der Waals surface area contributed by atoms with Crippen LogP contribution in [0.15, 0.2) is 23.1 Å². The molecule has 1 atom stereocenters. The molecule has 7 nitrogen and oxygen atoms in total. The van der Waals surface area contributed by atoms with Gasteiger partial charge in [-0.25, -0.2) is 9.00 Å². The lowest BCUT2D eigenvalue weighted by molar-refractivity contribution is -0.387. The molecule has 0 fully saturated rings. The minimum Gasteiger partial charge on any atom is -0.478 e. The highest BCUT2D eigenvalue weighted by molar-refractivity contribution is 8.29. The van der Waals surface area contributed by atoms with E-state index < -0.39 is 35.8 Å². The van der Waals surface area contributed by atoms with Crippen molar-refractivity contribution >= 4 is 31.6 Å². The smallest absolute Gasteiger partial charge is 0.337 e. The van der Waals surface area contributed by atoms with Crippen molar-refractivity contribution in [1.82, 2.24) is 0 Å². The zero-order valence-corrected chi connectivity index (χ0v) is 9.16. The fourth-order valence-electron chi connectivity index (χ4n) is 1.11. The van der Waals surface area contributed by atoms with E-state index in [0.29, 0.717) is 0 Å². The summed E-state index contributed by atoms with van der Waals surface area (Å²) in [6, 6.07) is 3.00. The highest BCUT2D eigenvalue weighted by Crippen LogP contribution is 2.27. The van der Waals surface area contributed by atoms with Crippen molar-refractivity contribution in [2.24, 2.45) is 0 Å². The van der Waals surface area contributed by atoms with Crippen LogP contribution in [0.2, 0.25) is 0 Å². The van der Waals surface area contributed by atoms with Gasteiger partial charge in [0.25, 0.3) is 5.69 Å². The Bertz CT molecular complexity index is 532. The van der Waals surface area contributed by atoms with Gasteiger partial charge in [-0.05, 0) is 6.07 Å². The number of carboxylic acid groups (broad SMARTS) is 1. The highest BCUT2D eigenvalue weighted by Gasteiger charge is 2.27. The average Bonchev–Trinajstić information content (AvgIpc) is 2.15. The van der Waals surface area contributed by atoms with Gasteiger partial charge in [-0.3, -0.25) is 10.1 Å². The average molecular weight is 263 g/mol. The first-order valence-electron chi connectivity index (χ1n) is 3.73. The number of hydrogen-bond donors (Lipinski definition) is 2. The third kappa shape index (κ3) is 2.32. The summed E-state index contributed by atoms with van der Waals surface area (Å²) in [4.78, 5) is 19.5. The predicted molar refractivity (Wildman–Crippen MR) is 56.5 cm³/mol. The number of carbonyl (C=O) groups is 1. The molecule has 0 amide bonds. The molecule has 0 aliphatic rings. The summed E-state index contributed by atoms with van der Waals surface area (Å²) in [5, 5.41) is 19.3. The van der Waals surface area contributed by atoms with Gasteiger partial charge >= 0.3 is 5.97 Å². The van der Waals surface area contributed by atoms with Crippen molar-refractivity contribution in [2.45, 2.75) is 4.90 Å². The zero-order valence-electron chi connectivity index (χ0n) is 7.52. The number of hydrogen-bond acceptors (Lipinski definition) is 5. The molecule has 1 rings (SSSR count). The van der Waals surface area contributed by atoms with E-state index in [4.69, 9.17) is 9.66 Å². The second kappa shape index (κ2) is 4.12. The number of nitro groups is 1. The van der Waals surface area contributed by atoms with Crippen LogP contribution >= 0.6 is 0 Å². The largest absolute Gasteiger partial charge is 0.478 e. The molecule has 1 aromatic rings. The predicted octanol–water partition coefficient (Wildman–Crippen LogP) is 0.871. The number of nitro benzene ring substituents is 1. The molecule has 0 bridgehead atoms. The summed E-state index contributed by atoms with van der Waals surface area (Å²) < 4.78 is 20.4. The van der Waals surface area contributed by atoms with E-state index in [-0.39, 0.29) is 0 Å². The number of benzene rings is 1.